The largest absolute Gasteiger partial charge is 0.480 e. The van der Waals surface area contributed by atoms with Crippen LogP contribution in [-0.2, 0) is 30.9 Å². The molecule has 0 radical (unpaired) electrons. The summed E-state index contributed by atoms with van der Waals surface area (Å²) in [7, 11) is -1.60. The summed E-state index contributed by atoms with van der Waals surface area (Å²) in [6, 6.07) is 0. The average Bonchev–Trinajstić information content (AvgIpc) is 2.77. The molecule has 19 heavy (non-hydrogen) atoms. The summed E-state index contributed by atoms with van der Waals surface area (Å²) in [4.78, 5) is 21.3. The number of rotatable bonds is 6. The van der Waals surface area contributed by atoms with Gasteiger partial charge in [0.05, 0.1) is 13.3 Å². The molecule has 106 valence electrons. The van der Waals surface area contributed by atoms with Crippen molar-refractivity contribution in [3.8, 4) is 0 Å². The SMILES string of the molecule is COC(=O)Cn1cc(S(=O)(=O)N(C)CC(=O)O)cn1. The minimum absolute atomic E-state index is 0.194. The highest BCUT2D eigenvalue weighted by molar-refractivity contribution is 7.89. The van der Waals surface area contributed by atoms with E-state index in [-0.39, 0.29) is 11.4 Å². The predicted octanol–water partition coefficient (Wildman–Crippen LogP) is -1.24. The molecule has 1 rings (SSSR count). The molecule has 1 heterocycles. The van der Waals surface area contributed by atoms with Crippen LogP contribution in [0.15, 0.2) is 17.3 Å². The Balaban J connectivity index is 2.91. The fraction of sp³-hybridized carbons (Fsp3) is 0.444. The van der Waals surface area contributed by atoms with Gasteiger partial charge in [0.2, 0.25) is 10.0 Å². The van der Waals surface area contributed by atoms with E-state index in [9.17, 15) is 18.0 Å². The number of sulfonamides is 1. The zero-order valence-electron chi connectivity index (χ0n) is 10.3. The van der Waals surface area contributed by atoms with E-state index >= 15 is 0 Å². The van der Waals surface area contributed by atoms with Gasteiger partial charge in [-0.3, -0.25) is 14.3 Å². The summed E-state index contributed by atoms with van der Waals surface area (Å²) in [5, 5.41) is 12.3. The Morgan fingerprint density at radius 1 is 1.53 bits per heavy atom. The van der Waals surface area contributed by atoms with Crippen molar-refractivity contribution in [1.29, 1.82) is 0 Å². The molecule has 0 saturated carbocycles. The van der Waals surface area contributed by atoms with Gasteiger partial charge in [-0.1, -0.05) is 0 Å². The Morgan fingerprint density at radius 2 is 2.16 bits per heavy atom. The highest BCUT2D eigenvalue weighted by Gasteiger charge is 2.24. The van der Waals surface area contributed by atoms with Gasteiger partial charge in [0.25, 0.3) is 0 Å². The maximum Gasteiger partial charge on any atom is 0.327 e. The predicted molar refractivity (Wildman–Crippen MR) is 61.7 cm³/mol. The Kier molecular flexibility index (Phi) is 4.62. The lowest BCUT2D eigenvalue weighted by Gasteiger charge is -2.12. The van der Waals surface area contributed by atoms with E-state index in [1.165, 1.54) is 7.11 Å². The van der Waals surface area contributed by atoms with Crippen molar-refractivity contribution in [2.24, 2.45) is 0 Å². The Hall–Kier alpha value is -1.94. The quantitative estimate of drug-likeness (QED) is 0.651. The van der Waals surface area contributed by atoms with Crippen molar-refractivity contribution in [2.75, 3.05) is 20.7 Å². The van der Waals surface area contributed by atoms with E-state index in [0.717, 1.165) is 24.1 Å². The maximum absolute atomic E-state index is 11.9. The van der Waals surface area contributed by atoms with E-state index in [2.05, 4.69) is 9.84 Å². The lowest BCUT2D eigenvalue weighted by molar-refractivity contribution is -0.141. The van der Waals surface area contributed by atoms with E-state index in [1.807, 2.05) is 0 Å². The van der Waals surface area contributed by atoms with Gasteiger partial charge >= 0.3 is 11.9 Å². The molecule has 0 saturated heterocycles. The lowest BCUT2D eigenvalue weighted by atomic mass is 10.6. The number of hydrogen-bond donors (Lipinski definition) is 1. The van der Waals surface area contributed by atoms with Gasteiger partial charge in [-0.15, -0.1) is 0 Å². The smallest absolute Gasteiger partial charge is 0.327 e. The number of ether oxygens (including phenoxy) is 1. The Bertz CT molecular complexity index is 579. The van der Waals surface area contributed by atoms with Gasteiger partial charge in [0, 0.05) is 13.2 Å². The van der Waals surface area contributed by atoms with Gasteiger partial charge in [0.15, 0.2) is 0 Å². The van der Waals surface area contributed by atoms with Gasteiger partial charge in [-0.05, 0) is 0 Å². The second kappa shape index (κ2) is 5.80. The fourth-order valence-corrected chi connectivity index (χ4v) is 2.29. The number of aromatic nitrogens is 2. The second-order valence-corrected chi connectivity index (χ2v) is 5.65. The molecule has 0 fully saturated rings. The topological polar surface area (TPSA) is 119 Å². The first-order chi connectivity index (χ1) is 8.77. The molecule has 0 amide bonds. The zero-order chi connectivity index (χ0) is 14.6. The van der Waals surface area contributed by atoms with Crippen LogP contribution in [-0.4, -0.2) is 60.3 Å². The molecule has 0 aliphatic rings. The average molecular weight is 291 g/mol. The standard InChI is InChI=1S/C9H13N3O6S/c1-11(5-8(13)14)19(16,17)7-3-10-12(4-7)6-9(15)18-2/h3-4H,5-6H2,1-2H3,(H,13,14). The molecule has 0 atom stereocenters. The van der Waals surface area contributed by atoms with Crippen LogP contribution < -0.4 is 0 Å². The van der Waals surface area contributed by atoms with Crippen LogP contribution >= 0.6 is 0 Å². The van der Waals surface area contributed by atoms with Crippen LogP contribution in [0.2, 0.25) is 0 Å². The minimum atomic E-state index is -3.94. The summed E-state index contributed by atoms with van der Waals surface area (Å²) in [5.41, 5.74) is 0. The van der Waals surface area contributed by atoms with Gasteiger partial charge in [-0.2, -0.15) is 9.40 Å². The van der Waals surface area contributed by atoms with Crippen molar-refractivity contribution >= 4 is 22.0 Å². The highest BCUT2D eigenvalue weighted by Crippen LogP contribution is 2.12. The number of carbonyl (C=O) groups excluding carboxylic acids is 1. The molecule has 0 aliphatic heterocycles. The number of aliphatic carboxylic acids is 1. The molecule has 0 bridgehead atoms. The molecule has 0 aliphatic carbocycles. The van der Waals surface area contributed by atoms with E-state index in [4.69, 9.17) is 5.11 Å². The highest BCUT2D eigenvalue weighted by atomic mass is 32.2. The van der Waals surface area contributed by atoms with Crippen LogP contribution in [0.5, 0.6) is 0 Å². The van der Waals surface area contributed by atoms with E-state index in [0.29, 0.717) is 4.31 Å². The van der Waals surface area contributed by atoms with Crippen molar-refractivity contribution in [1.82, 2.24) is 14.1 Å². The number of methoxy groups -OCH3 is 1. The van der Waals surface area contributed by atoms with Crippen molar-refractivity contribution in [2.45, 2.75) is 11.4 Å². The fourth-order valence-electron chi connectivity index (χ4n) is 1.22. The molecular formula is C9H13N3O6S. The Morgan fingerprint density at radius 3 is 2.68 bits per heavy atom. The van der Waals surface area contributed by atoms with Crippen molar-refractivity contribution in [3.05, 3.63) is 12.4 Å². The van der Waals surface area contributed by atoms with Crippen LogP contribution in [0.25, 0.3) is 0 Å². The van der Waals surface area contributed by atoms with Gasteiger partial charge in [0.1, 0.15) is 18.0 Å². The number of carboxylic acids is 1. The first-order valence-electron chi connectivity index (χ1n) is 5.04. The number of carboxylic acid groups (broad SMARTS) is 1. The third-order valence-electron chi connectivity index (χ3n) is 2.19. The first kappa shape index (κ1) is 15.1. The number of carbonyl (C=O) groups is 2. The van der Waals surface area contributed by atoms with Crippen molar-refractivity contribution in [3.63, 3.8) is 0 Å². The van der Waals surface area contributed by atoms with Crippen LogP contribution in [0.1, 0.15) is 0 Å². The van der Waals surface area contributed by atoms with Crippen LogP contribution in [0.3, 0.4) is 0 Å². The summed E-state index contributed by atoms with van der Waals surface area (Å²) in [6.07, 6.45) is 2.17. The van der Waals surface area contributed by atoms with E-state index < -0.39 is 28.5 Å². The minimum Gasteiger partial charge on any atom is -0.480 e. The third kappa shape index (κ3) is 3.76. The molecule has 1 aromatic rings. The number of likely N-dealkylation sites (N-methyl/N-ethyl adjacent to an activating group) is 1. The van der Waals surface area contributed by atoms with Gasteiger partial charge in [-0.25, -0.2) is 8.42 Å². The van der Waals surface area contributed by atoms with Gasteiger partial charge < -0.3 is 9.84 Å². The maximum atomic E-state index is 11.9. The third-order valence-corrected chi connectivity index (χ3v) is 3.95. The zero-order valence-corrected chi connectivity index (χ0v) is 11.1. The first-order valence-corrected chi connectivity index (χ1v) is 6.48. The van der Waals surface area contributed by atoms with Crippen LogP contribution in [0.4, 0.5) is 0 Å². The number of hydrogen-bond acceptors (Lipinski definition) is 6. The molecule has 0 aromatic carbocycles. The number of esters is 1. The van der Waals surface area contributed by atoms with Crippen LogP contribution in [0, 0.1) is 0 Å². The van der Waals surface area contributed by atoms with Crippen molar-refractivity contribution < 1.29 is 27.9 Å². The normalized spacial score (nSPS) is 11.5. The summed E-state index contributed by atoms with van der Waals surface area (Å²) < 4.78 is 30.0. The Labute approximate surface area is 109 Å². The van der Waals surface area contributed by atoms with E-state index in [1.54, 1.807) is 0 Å². The summed E-state index contributed by atoms with van der Waals surface area (Å²) in [5.74, 6) is -1.85. The number of nitrogens with zero attached hydrogens (tertiary/aromatic N) is 3. The molecular weight excluding hydrogens is 278 g/mol. The lowest BCUT2D eigenvalue weighted by Crippen LogP contribution is -2.31. The molecule has 1 aromatic heterocycles. The molecule has 0 spiro atoms. The molecule has 10 heteroatoms. The summed E-state index contributed by atoms with van der Waals surface area (Å²) in [6.45, 7) is -0.890. The second-order valence-electron chi connectivity index (χ2n) is 3.60. The summed E-state index contributed by atoms with van der Waals surface area (Å²) >= 11 is 0. The molecule has 1 N–H and O–H groups in total. The monoisotopic (exact) mass is 291 g/mol. The molecule has 0 unspecified atom stereocenters. The molecule has 9 nitrogen and oxygen atoms in total.